The Balaban J connectivity index is 1.35. The molecule has 0 atom stereocenters. The van der Waals surface area contributed by atoms with E-state index in [1.807, 2.05) is 61.1 Å². The number of nitrogens with zero attached hydrogens (tertiary/aromatic N) is 7. The molecule has 142 valence electrons. The van der Waals surface area contributed by atoms with Gasteiger partial charge in [-0.05, 0) is 25.1 Å². The summed E-state index contributed by atoms with van der Waals surface area (Å²) in [5.41, 5.74) is 0.857. The number of para-hydroxylation sites is 1. The van der Waals surface area contributed by atoms with Crippen LogP contribution in [-0.4, -0.2) is 50.9 Å². The van der Waals surface area contributed by atoms with E-state index in [2.05, 4.69) is 30.0 Å². The van der Waals surface area contributed by atoms with E-state index in [0.717, 1.165) is 66.3 Å². The van der Waals surface area contributed by atoms with Crippen LogP contribution in [0.3, 0.4) is 0 Å². The molecule has 4 heterocycles. The summed E-state index contributed by atoms with van der Waals surface area (Å²) in [5.74, 6) is 4.10. The molecule has 1 aromatic carbocycles. The maximum absolute atomic E-state index is 5.96. The summed E-state index contributed by atoms with van der Waals surface area (Å²) in [6, 6.07) is 11.9. The fraction of sp³-hybridized carbons (Fsp3) is 0.300. The van der Waals surface area contributed by atoms with Crippen LogP contribution in [0, 0.1) is 6.92 Å². The van der Waals surface area contributed by atoms with Crippen molar-refractivity contribution in [1.82, 2.24) is 24.7 Å². The van der Waals surface area contributed by atoms with Crippen LogP contribution in [0.1, 0.15) is 5.82 Å². The Morgan fingerprint density at radius 3 is 2.54 bits per heavy atom. The lowest BCUT2D eigenvalue weighted by Crippen LogP contribution is -2.47. The lowest BCUT2D eigenvalue weighted by molar-refractivity contribution is 0.613. The number of anilines is 2. The molecule has 1 saturated heterocycles. The van der Waals surface area contributed by atoms with Gasteiger partial charge >= 0.3 is 0 Å². The van der Waals surface area contributed by atoms with Crippen LogP contribution in [0.25, 0.3) is 22.6 Å². The van der Waals surface area contributed by atoms with Gasteiger partial charge in [0.2, 0.25) is 11.8 Å². The lowest BCUT2D eigenvalue weighted by Gasteiger charge is -2.35. The van der Waals surface area contributed by atoms with Gasteiger partial charge in [0.05, 0.1) is 0 Å². The molecular weight excluding hydrogens is 354 g/mol. The maximum atomic E-state index is 5.96. The highest BCUT2D eigenvalue weighted by Gasteiger charge is 2.24. The number of furan rings is 1. The Bertz CT molecular complexity index is 1090. The number of aryl methyl sites for hydroxylation is 1. The molecule has 0 amide bonds. The highest BCUT2D eigenvalue weighted by atomic mass is 16.3. The van der Waals surface area contributed by atoms with Crippen molar-refractivity contribution < 1.29 is 4.42 Å². The van der Waals surface area contributed by atoms with Gasteiger partial charge in [-0.3, -0.25) is 4.57 Å². The largest absolute Gasteiger partial charge is 0.453 e. The molecule has 0 unspecified atom stereocenters. The fourth-order valence-electron chi connectivity index (χ4n) is 3.66. The first kappa shape index (κ1) is 16.7. The van der Waals surface area contributed by atoms with E-state index in [9.17, 15) is 0 Å². The summed E-state index contributed by atoms with van der Waals surface area (Å²) in [6.07, 6.45) is 1.81. The van der Waals surface area contributed by atoms with Gasteiger partial charge in [-0.15, -0.1) is 10.2 Å². The molecule has 4 aromatic rings. The third kappa shape index (κ3) is 2.87. The predicted molar refractivity (Wildman–Crippen MR) is 107 cm³/mol. The number of fused-ring (bicyclic) bond motifs is 1. The van der Waals surface area contributed by atoms with Crippen molar-refractivity contribution in [2.45, 2.75) is 6.92 Å². The van der Waals surface area contributed by atoms with Crippen molar-refractivity contribution in [2.24, 2.45) is 7.05 Å². The third-order valence-electron chi connectivity index (χ3n) is 5.15. The Kier molecular flexibility index (Phi) is 3.96. The predicted octanol–water partition coefficient (Wildman–Crippen LogP) is 2.65. The van der Waals surface area contributed by atoms with Gasteiger partial charge in [0, 0.05) is 44.8 Å². The number of rotatable bonds is 3. The van der Waals surface area contributed by atoms with Gasteiger partial charge in [-0.2, -0.15) is 0 Å². The van der Waals surface area contributed by atoms with E-state index >= 15 is 0 Å². The molecule has 5 rings (SSSR count). The Morgan fingerprint density at radius 2 is 1.75 bits per heavy atom. The second-order valence-electron chi connectivity index (χ2n) is 6.97. The minimum atomic E-state index is 0.734. The SMILES string of the molecule is Cc1nccc(N2CCN(c3nnc(-c4cc5ccccc5o4)n3C)CC2)n1. The molecule has 0 N–H and O–H groups in total. The first-order valence-corrected chi connectivity index (χ1v) is 9.37. The molecule has 8 nitrogen and oxygen atoms in total. The smallest absolute Gasteiger partial charge is 0.227 e. The summed E-state index contributed by atoms with van der Waals surface area (Å²) in [6.45, 7) is 5.38. The van der Waals surface area contributed by atoms with Crippen LogP contribution in [0.15, 0.2) is 47.0 Å². The minimum absolute atomic E-state index is 0.734. The van der Waals surface area contributed by atoms with Crippen LogP contribution < -0.4 is 9.80 Å². The van der Waals surface area contributed by atoms with E-state index in [-0.39, 0.29) is 0 Å². The molecule has 1 fully saturated rings. The first-order valence-electron chi connectivity index (χ1n) is 9.37. The van der Waals surface area contributed by atoms with Crippen molar-refractivity contribution in [3.05, 3.63) is 48.4 Å². The standard InChI is InChI=1S/C20H21N7O/c1-14-21-8-7-18(22-14)26-9-11-27(12-10-26)20-24-23-19(25(20)2)17-13-15-5-3-4-6-16(15)28-17/h3-8,13H,9-12H2,1-2H3. The highest BCUT2D eigenvalue weighted by Crippen LogP contribution is 2.28. The van der Waals surface area contributed by atoms with E-state index in [4.69, 9.17) is 4.42 Å². The molecular formula is C20H21N7O. The van der Waals surface area contributed by atoms with Crippen molar-refractivity contribution >= 4 is 22.7 Å². The molecule has 8 heteroatoms. The van der Waals surface area contributed by atoms with Gasteiger partial charge in [-0.25, -0.2) is 9.97 Å². The molecule has 28 heavy (non-hydrogen) atoms. The van der Waals surface area contributed by atoms with Gasteiger partial charge in [0.1, 0.15) is 17.2 Å². The second kappa shape index (κ2) is 6.63. The van der Waals surface area contributed by atoms with Gasteiger partial charge in [0.25, 0.3) is 0 Å². The summed E-state index contributed by atoms with van der Waals surface area (Å²) in [5, 5.41) is 9.89. The zero-order chi connectivity index (χ0) is 19.1. The van der Waals surface area contributed by atoms with Crippen LogP contribution in [0.4, 0.5) is 11.8 Å². The van der Waals surface area contributed by atoms with Crippen LogP contribution in [0.5, 0.6) is 0 Å². The molecule has 0 saturated carbocycles. The number of hydrogen-bond acceptors (Lipinski definition) is 7. The van der Waals surface area contributed by atoms with Crippen molar-refractivity contribution in [1.29, 1.82) is 0 Å². The van der Waals surface area contributed by atoms with E-state index in [1.54, 1.807) is 0 Å². The molecule has 0 spiro atoms. The van der Waals surface area contributed by atoms with Crippen LogP contribution in [0.2, 0.25) is 0 Å². The first-order chi connectivity index (χ1) is 13.7. The molecule has 1 aliphatic heterocycles. The average Bonchev–Trinajstić information content (AvgIpc) is 3.31. The number of benzene rings is 1. The number of piperazine rings is 1. The monoisotopic (exact) mass is 375 g/mol. The second-order valence-corrected chi connectivity index (χ2v) is 6.97. The summed E-state index contributed by atoms with van der Waals surface area (Å²) in [7, 11) is 1.98. The van der Waals surface area contributed by atoms with E-state index < -0.39 is 0 Å². The Hall–Kier alpha value is -3.42. The zero-order valence-electron chi connectivity index (χ0n) is 15.9. The lowest BCUT2D eigenvalue weighted by atomic mass is 10.2. The summed E-state index contributed by atoms with van der Waals surface area (Å²) in [4.78, 5) is 13.2. The molecule has 0 radical (unpaired) electrons. The van der Waals surface area contributed by atoms with Gasteiger partial charge in [0.15, 0.2) is 5.76 Å². The Morgan fingerprint density at radius 1 is 0.964 bits per heavy atom. The molecule has 1 aliphatic rings. The van der Waals surface area contributed by atoms with Crippen LogP contribution >= 0.6 is 0 Å². The van der Waals surface area contributed by atoms with Crippen molar-refractivity contribution in [2.75, 3.05) is 36.0 Å². The van der Waals surface area contributed by atoms with Crippen molar-refractivity contribution in [3.63, 3.8) is 0 Å². The average molecular weight is 375 g/mol. The molecule has 3 aromatic heterocycles. The van der Waals surface area contributed by atoms with Crippen LogP contribution in [-0.2, 0) is 7.05 Å². The van der Waals surface area contributed by atoms with Gasteiger partial charge in [-0.1, -0.05) is 18.2 Å². The summed E-state index contributed by atoms with van der Waals surface area (Å²) < 4.78 is 7.96. The molecule has 0 aliphatic carbocycles. The van der Waals surface area contributed by atoms with E-state index in [1.165, 1.54) is 0 Å². The zero-order valence-corrected chi connectivity index (χ0v) is 15.9. The maximum Gasteiger partial charge on any atom is 0.227 e. The Labute approximate surface area is 162 Å². The highest BCUT2D eigenvalue weighted by molar-refractivity contribution is 5.81. The van der Waals surface area contributed by atoms with E-state index in [0.29, 0.717) is 0 Å². The minimum Gasteiger partial charge on any atom is -0.453 e. The molecule has 0 bridgehead atoms. The van der Waals surface area contributed by atoms with Gasteiger partial charge < -0.3 is 14.2 Å². The number of hydrogen-bond donors (Lipinski definition) is 0. The summed E-state index contributed by atoms with van der Waals surface area (Å²) >= 11 is 0. The third-order valence-corrected chi connectivity index (χ3v) is 5.15. The normalized spacial score (nSPS) is 14.8. The topological polar surface area (TPSA) is 76.1 Å². The fourth-order valence-corrected chi connectivity index (χ4v) is 3.66. The van der Waals surface area contributed by atoms with Crippen molar-refractivity contribution in [3.8, 4) is 11.6 Å². The quantitative estimate of drug-likeness (QED) is 0.545. The number of aromatic nitrogens is 5.